The lowest BCUT2D eigenvalue weighted by atomic mass is 9.90. The molecule has 6 heteroatoms. The van der Waals surface area contributed by atoms with Crippen molar-refractivity contribution in [2.45, 2.75) is 13.3 Å². The van der Waals surface area contributed by atoms with Gasteiger partial charge in [0.2, 0.25) is 5.91 Å². The van der Waals surface area contributed by atoms with Crippen molar-refractivity contribution in [2.24, 2.45) is 11.1 Å². The number of nitrogens with zero attached hydrogens (tertiary/aromatic N) is 1. The minimum atomic E-state index is -0.645. The summed E-state index contributed by atoms with van der Waals surface area (Å²) in [5.74, 6) is -1.58. The van der Waals surface area contributed by atoms with Crippen LogP contribution in [0, 0.1) is 17.0 Å². The molecule has 1 amide bonds. The Morgan fingerprint density at radius 1 is 1.50 bits per heavy atom. The van der Waals surface area contributed by atoms with Gasteiger partial charge in [0.15, 0.2) is 0 Å². The fourth-order valence-electron chi connectivity index (χ4n) is 2.41. The average Bonchev–Trinajstić information content (AvgIpc) is 2.76. The van der Waals surface area contributed by atoms with Crippen LogP contribution in [0.25, 0.3) is 0 Å². The van der Waals surface area contributed by atoms with Gasteiger partial charge in [0.05, 0.1) is 12.2 Å². The van der Waals surface area contributed by atoms with E-state index in [0.717, 1.165) is 37.7 Å². The summed E-state index contributed by atoms with van der Waals surface area (Å²) in [7, 11) is 0. The molecule has 1 atom stereocenters. The number of halogens is 2. The summed E-state index contributed by atoms with van der Waals surface area (Å²) in [6, 6.07) is 2.98. The Hall–Kier alpha value is -1.53. The number of carbonyl (C=O) groups is 1. The molecule has 0 aliphatic carbocycles. The van der Waals surface area contributed by atoms with Crippen molar-refractivity contribution in [1.82, 2.24) is 4.90 Å². The van der Waals surface area contributed by atoms with E-state index in [0.29, 0.717) is 6.54 Å². The minimum Gasteiger partial charge on any atom is -0.330 e. The molecule has 1 fully saturated rings. The van der Waals surface area contributed by atoms with Crippen LogP contribution in [0.1, 0.15) is 13.3 Å². The molecular weight excluding hydrogens is 264 g/mol. The Labute approximate surface area is 116 Å². The third kappa shape index (κ3) is 3.52. The molecule has 0 radical (unpaired) electrons. The number of anilines is 1. The summed E-state index contributed by atoms with van der Waals surface area (Å²) in [5.41, 5.74) is 5.61. The molecule has 4 nitrogen and oxygen atoms in total. The van der Waals surface area contributed by atoms with Crippen LogP contribution in [0.4, 0.5) is 14.5 Å². The molecule has 0 aromatic heterocycles. The van der Waals surface area contributed by atoms with Crippen LogP contribution in [0.5, 0.6) is 0 Å². The molecule has 20 heavy (non-hydrogen) atoms. The number of likely N-dealkylation sites (tertiary alicyclic amines) is 1. The maximum Gasteiger partial charge on any atom is 0.238 e. The van der Waals surface area contributed by atoms with Crippen molar-refractivity contribution in [3.8, 4) is 0 Å². The Balaban J connectivity index is 1.92. The van der Waals surface area contributed by atoms with Gasteiger partial charge in [0, 0.05) is 12.6 Å². The van der Waals surface area contributed by atoms with Crippen LogP contribution >= 0.6 is 0 Å². The predicted molar refractivity (Wildman–Crippen MR) is 73.2 cm³/mol. The summed E-state index contributed by atoms with van der Waals surface area (Å²) >= 11 is 0. The Morgan fingerprint density at radius 3 is 2.90 bits per heavy atom. The lowest BCUT2D eigenvalue weighted by Crippen LogP contribution is -2.35. The summed E-state index contributed by atoms with van der Waals surface area (Å²) < 4.78 is 26.4. The quantitative estimate of drug-likeness (QED) is 0.882. The van der Waals surface area contributed by atoms with E-state index in [9.17, 15) is 13.6 Å². The van der Waals surface area contributed by atoms with Crippen LogP contribution < -0.4 is 11.1 Å². The number of rotatable bonds is 4. The van der Waals surface area contributed by atoms with E-state index in [2.05, 4.69) is 12.2 Å². The smallest absolute Gasteiger partial charge is 0.238 e. The zero-order valence-corrected chi connectivity index (χ0v) is 11.5. The number of hydrogen-bond acceptors (Lipinski definition) is 3. The Kier molecular flexibility index (Phi) is 4.35. The van der Waals surface area contributed by atoms with E-state index in [1.165, 1.54) is 0 Å². The van der Waals surface area contributed by atoms with Gasteiger partial charge >= 0.3 is 0 Å². The SMILES string of the molecule is CC1(CN)CCN(CC(=O)Nc2cc(F)ccc2F)C1. The number of amides is 1. The number of benzene rings is 1. The minimum absolute atomic E-state index is 0.0321. The first-order valence-electron chi connectivity index (χ1n) is 6.59. The summed E-state index contributed by atoms with van der Waals surface area (Å²) in [5, 5.41) is 2.40. The second-order valence-corrected chi connectivity index (χ2v) is 5.65. The first kappa shape index (κ1) is 14.9. The molecule has 1 aliphatic rings. The second kappa shape index (κ2) is 5.85. The van der Waals surface area contributed by atoms with Gasteiger partial charge in [0.25, 0.3) is 0 Å². The topological polar surface area (TPSA) is 58.4 Å². The molecule has 1 aliphatic heterocycles. The molecule has 1 aromatic carbocycles. The normalized spacial score (nSPS) is 23.0. The summed E-state index contributed by atoms with van der Waals surface area (Å²) in [6.45, 7) is 4.33. The van der Waals surface area contributed by atoms with Crippen LogP contribution in [0.2, 0.25) is 0 Å². The first-order chi connectivity index (χ1) is 9.42. The average molecular weight is 283 g/mol. The van der Waals surface area contributed by atoms with Gasteiger partial charge in [-0.3, -0.25) is 9.69 Å². The van der Waals surface area contributed by atoms with E-state index in [4.69, 9.17) is 5.73 Å². The van der Waals surface area contributed by atoms with Crippen LogP contribution in [0.15, 0.2) is 18.2 Å². The zero-order valence-electron chi connectivity index (χ0n) is 11.5. The zero-order chi connectivity index (χ0) is 14.8. The Morgan fingerprint density at radius 2 is 2.25 bits per heavy atom. The lowest BCUT2D eigenvalue weighted by molar-refractivity contribution is -0.117. The van der Waals surface area contributed by atoms with Crippen molar-refractivity contribution in [1.29, 1.82) is 0 Å². The molecule has 2 rings (SSSR count). The number of nitrogens with one attached hydrogen (secondary N) is 1. The van der Waals surface area contributed by atoms with Gasteiger partial charge in [-0.2, -0.15) is 0 Å². The molecule has 1 heterocycles. The van der Waals surface area contributed by atoms with Crippen LogP contribution in [-0.2, 0) is 4.79 Å². The lowest BCUT2D eigenvalue weighted by Gasteiger charge is -2.22. The van der Waals surface area contributed by atoms with Crippen molar-refractivity contribution in [3.63, 3.8) is 0 Å². The summed E-state index contributed by atoms with van der Waals surface area (Å²) in [6.07, 6.45) is 0.936. The predicted octanol–water partition coefficient (Wildman–Crippen LogP) is 1.57. The highest BCUT2D eigenvalue weighted by molar-refractivity contribution is 5.92. The van der Waals surface area contributed by atoms with Crippen molar-refractivity contribution in [2.75, 3.05) is 31.5 Å². The maximum absolute atomic E-state index is 13.4. The molecule has 1 saturated heterocycles. The fraction of sp³-hybridized carbons (Fsp3) is 0.500. The molecule has 1 aromatic rings. The van der Waals surface area contributed by atoms with Crippen molar-refractivity contribution >= 4 is 11.6 Å². The molecular formula is C14H19F2N3O. The molecule has 0 spiro atoms. The van der Waals surface area contributed by atoms with Crippen molar-refractivity contribution < 1.29 is 13.6 Å². The van der Waals surface area contributed by atoms with E-state index in [-0.39, 0.29) is 23.6 Å². The Bertz CT molecular complexity index is 509. The molecule has 110 valence electrons. The number of hydrogen-bond donors (Lipinski definition) is 2. The van der Waals surface area contributed by atoms with Crippen LogP contribution in [0.3, 0.4) is 0 Å². The monoisotopic (exact) mass is 283 g/mol. The molecule has 0 saturated carbocycles. The maximum atomic E-state index is 13.4. The van der Waals surface area contributed by atoms with Gasteiger partial charge in [-0.15, -0.1) is 0 Å². The third-order valence-electron chi connectivity index (χ3n) is 3.70. The third-order valence-corrected chi connectivity index (χ3v) is 3.70. The first-order valence-corrected chi connectivity index (χ1v) is 6.59. The standard InChI is InChI=1S/C14H19F2N3O/c1-14(8-17)4-5-19(9-14)7-13(20)18-12-6-10(15)2-3-11(12)16/h2-3,6H,4-5,7-9,17H2,1H3,(H,18,20). The molecule has 3 N–H and O–H groups in total. The van der Waals surface area contributed by atoms with E-state index in [1.807, 2.05) is 4.90 Å². The highest BCUT2D eigenvalue weighted by Gasteiger charge is 2.33. The second-order valence-electron chi connectivity index (χ2n) is 5.65. The van der Waals surface area contributed by atoms with E-state index in [1.54, 1.807) is 0 Å². The van der Waals surface area contributed by atoms with Gasteiger partial charge in [-0.05, 0) is 37.1 Å². The van der Waals surface area contributed by atoms with Crippen molar-refractivity contribution in [3.05, 3.63) is 29.8 Å². The van der Waals surface area contributed by atoms with Gasteiger partial charge in [-0.1, -0.05) is 6.92 Å². The van der Waals surface area contributed by atoms with E-state index >= 15 is 0 Å². The number of carbonyl (C=O) groups excluding carboxylic acids is 1. The highest BCUT2D eigenvalue weighted by Crippen LogP contribution is 2.28. The highest BCUT2D eigenvalue weighted by atomic mass is 19.1. The molecule has 0 bridgehead atoms. The summed E-state index contributed by atoms with van der Waals surface area (Å²) in [4.78, 5) is 13.8. The van der Waals surface area contributed by atoms with Gasteiger partial charge in [0.1, 0.15) is 11.6 Å². The molecule has 1 unspecified atom stereocenters. The number of nitrogens with two attached hydrogens (primary N) is 1. The fourth-order valence-corrected chi connectivity index (χ4v) is 2.41. The van der Waals surface area contributed by atoms with Gasteiger partial charge < -0.3 is 11.1 Å². The van der Waals surface area contributed by atoms with Gasteiger partial charge in [-0.25, -0.2) is 8.78 Å². The largest absolute Gasteiger partial charge is 0.330 e. The van der Waals surface area contributed by atoms with Crippen LogP contribution in [-0.4, -0.2) is 37.0 Å². The van der Waals surface area contributed by atoms with E-state index < -0.39 is 11.6 Å².